The number of hydrogen-bond donors (Lipinski definition) is 0. The van der Waals surface area contributed by atoms with Gasteiger partial charge in [-0.1, -0.05) is 57.0 Å². The lowest BCUT2D eigenvalue weighted by Gasteiger charge is -2.07. The molecule has 0 aliphatic heterocycles. The number of aryl methyl sites for hydroxylation is 3. The van der Waals surface area contributed by atoms with Gasteiger partial charge in [0, 0.05) is 11.8 Å². The van der Waals surface area contributed by atoms with E-state index in [2.05, 4.69) is 67.4 Å². The number of unbranched alkanes of at least 4 members (excludes halogenated alkanes) is 2. The first-order chi connectivity index (χ1) is 14.3. The number of aromatic nitrogens is 1. The van der Waals surface area contributed by atoms with Gasteiger partial charge in [-0.15, -0.1) is 0 Å². The van der Waals surface area contributed by atoms with Crippen molar-refractivity contribution >= 4 is 0 Å². The zero-order valence-corrected chi connectivity index (χ0v) is 17.9. The molecular formula is C27H33NO. The van der Waals surface area contributed by atoms with E-state index < -0.39 is 0 Å². The van der Waals surface area contributed by atoms with E-state index in [0.717, 1.165) is 42.9 Å². The molecule has 1 aromatic heterocycles. The second kappa shape index (κ2) is 11.4. The molecule has 0 saturated carbocycles. The molecule has 0 fully saturated rings. The van der Waals surface area contributed by atoms with E-state index in [1.165, 1.54) is 42.4 Å². The van der Waals surface area contributed by atoms with Crippen LogP contribution in [0.1, 0.15) is 56.2 Å². The van der Waals surface area contributed by atoms with Crippen LogP contribution in [0.3, 0.4) is 0 Å². The van der Waals surface area contributed by atoms with E-state index in [0.29, 0.717) is 0 Å². The molecule has 2 heteroatoms. The number of nitrogens with zero attached hydrogens (tertiary/aromatic N) is 1. The van der Waals surface area contributed by atoms with Crippen LogP contribution >= 0.6 is 0 Å². The molecule has 0 aliphatic carbocycles. The molecule has 0 amide bonds. The summed E-state index contributed by atoms with van der Waals surface area (Å²) in [5.74, 6) is 0.920. The second-order valence-corrected chi connectivity index (χ2v) is 7.70. The Hall–Kier alpha value is -2.61. The van der Waals surface area contributed by atoms with Crippen molar-refractivity contribution in [2.75, 3.05) is 6.61 Å². The van der Waals surface area contributed by atoms with Crippen molar-refractivity contribution in [3.8, 4) is 17.0 Å². The minimum absolute atomic E-state index is 0.758. The predicted molar refractivity (Wildman–Crippen MR) is 123 cm³/mol. The van der Waals surface area contributed by atoms with Crippen LogP contribution in [-0.4, -0.2) is 11.6 Å². The fourth-order valence-corrected chi connectivity index (χ4v) is 3.43. The van der Waals surface area contributed by atoms with Crippen molar-refractivity contribution in [2.45, 2.75) is 58.8 Å². The van der Waals surface area contributed by atoms with E-state index in [-0.39, 0.29) is 0 Å². The summed E-state index contributed by atoms with van der Waals surface area (Å²) in [6.45, 7) is 5.13. The third-order valence-corrected chi connectivity index (χ3v) is 5.24. The Kier molecular flexibility index (Phi) is 8.30. The molecule has 2 aromatic carbocycles. The van der Waals surface area contributed by atoms with Crippen molar-refractivity contribution in [2.24, 2.45) is 0 Å². The molecule has 0 aliphatic rings. The predicted octanol–water partition coefficient (Wildman–Crippen LogP) is 7.06. The van der Waals surface area contributed by atoms with Gasteiger partial charge in [-0.05, 0) is 79.1 Å². The maximum absolute atomic E-state index is 5.65. The van der Waals surface area contributed by atoms with Crippen LogP contribution in [0.25, 0.3) is 11.3 Å². The molecular weight excluding hydrogens is 354 g/mol. The Balaban J connectivity index is 1.51. The molecule has 0 N–H and O–H groups in total. The van der Waals surface area contributed by atoms with Crippen LogP contribution in [-0.2, 0) is 19.3 Å². The van der Waals surface area contributed by atoms with E-state index in [4.69, 9.17) is 4.74 Å². The lowest BCUT2D eigenvalue weighted by Crippen LogP contribution is -1.95. The van der Waals surface area contributed by atoms with Crippen molar-refractivity contribution < 1.29 is 4.74 Å². The second-order valence-electron chi connectivity index (χ2n) is 7.70. The fourth-order valence-electron chi connectivity index (χ4n) is 3.43. The van der Waals surface area contributed by atoms with Crippen molar-refractivity contribution in [3.63, 3.8) is 0 Å². The molecule has 0 saturated heterocycles. The number of rotatable bonds is 11. The maximum Gasteiger partial charge on any atom is 0.119 e. The van der Waals surface area contributed by atoms with Gasteiger partial charge in [0.2, 0.25) is 0 Å². The van der Waals surface area contributed by atoms with Crippen LogP contribution in [0, 0.1) is 0 Å². The van der Waals surface area contributed by atoms with Gasteiger partial charge in [0.05, 0.1) is 12.3 Å². The molecule has 0 radical (unpaired) electrons. The third-order valence-electron chi connectivity index (χ3n) is 5.24. The van der Waals surface area contributed by atoms with Crippen molar-refractivity contribution in [1.29, 1.82) is 0 Å². The molecule has 3 rings (SSSR count). The van der Waals surface area contributed by atoms with Gasteiger partial charge in [-0.3, -0.25) is 4.98 Å². The lowest BCUT2D eigenvalue weighted by molar-refractivity contribution is 0.317. The first kappa shape index (κ1) is 21.1. The minimum atomic E-state index is 0.758. The number of benzene rings is 2. The topological polar surface area (TPSA) is 22.1 Å². The minimum Gasteiger partial charge on any atom is -0.494 e. The molecule has 29 heavy (non-hydrogen) atoms. The summed E-state index contributed by atoms with van der Waals surface area (Å²) in [7, 11) is 0. The highest BCUT2D eigenvalue weighted by molar-refractivity contribution is 5.60. The summed E-state index contributed by atoms with van der Waals surface area (Å²) in [5.41, 5.74) is 6.27. The first-order valence-corrected chi connectivity index (χ1v) is 11.0. The highest BCUT2D eigenvalue weighted by Gasteiger charge is 2.02. The summed E-state index contributed by atoms with van der Waals surface area (Å²) < 4.78 is 5.65. The van der Waals surface area contributed by atoms with Crippen LogP contribution in [0.2, 0.25) is 0 Å². The van der Waals surface area contributed by atoms with Gasteiger partial charge < -0.3 is 4.74 Å². The molecule has 0 spiro atoms. The zero-order chi connectivity index (χ0) is 20.3. The van der Waals surface area contributed by atoms with Gasteiger partial charge in [0.15, 0.2) is 0 Å². The Morgan fingerprint density at radius 1 is 0.655 bits per heavy atom. The van der Waals surface area contributed by atoms with E-state index in [9.17, 15) is 0 Å². The normalized spacial score (nSPS) is 10.8. The number of hydrogen-bond acceptors (Lipinski definition) is 2. The Morgan fingerprint density at radius 2 is 1.31 bits per heavy atom. The van der Waals surface area contributed by atoms with Crippen LogP contribution in [0.4, 0.5) is 0 Å². The molecule has 1 heterocycles. The highest BCUT2D eigenvalue weighted by atomic mass is 16.5. The lowest BCUT2D eigenvalue weighted by atomic mass is 10.0. The average molecular weight is 388 g/mol. The van der Waals surface area contributed by atoms with Gasteiger partial charge in [-0.25, -0.2) is 0 Å². The molecule has 3 aromatic rings. The summed E-state index contributed by atoms with van der Waals surface area (Å²) in [6.07, 6.45) is 10.2. The van der Waals surface area contributed by atoms with E-state index in [1.54, 1.807) is 0 Å². The van der Waals surface area contributed by atoms with Crippen LogP contribution in [0.15, 0.2) is 66.9 Å². The standard InChI is InChI=1S/C27H33NO/c1-3-5-6-7-22-8-10-23(11-9-22)12-13-24-14-19-27(28-21-24)25-15-17-26(18-16-25)29-20-4-2/h8-11,14-19,21H,3-7,12-13,20H2,1-2H3. The quantitative estimate of drug-likeness (QED) is 0.329. The summed E-state index contributed by atoms with van der Waals surface area (Å²) in [4.78, 5) is 4.67. The molecule has 2 nitrogen and oxygen atoms in total. The summed E-state index contributed by atoms with van der Waals surface area (Å²) in [5, 5.41) is 0. The van der Waals surface area contributed by atoms with E-state index >= 15 is 0 Å². The Bertz CT molecular complexity index is 835. The van der Waals surface area contributed by atoms with Gasteiger partial charge in [0.25, 0.3) is 0 Å². The summed E-state index contributed by atoms with van der Waals surface area (Å²) in [6, 6.07) is 21.7. The molecule has 0 bridgehead atoms. The Labute approximate surface area is 176 Å². The number of ether oxygens (including phenoxy) is 1. The first-order valence-electron chi connectivity index (χ1n) is 11.0. The summed E-state index contributed by atoms with van der Waals surface area (Å²) >= 11 is 0. The Morgan fingerprint density at radius 3 is 1.93 bits per heavy atom. The van der Waals surface area contributed by atoms with Crippen LogP contribution in [0.5, 0.6) is 5.75 Å². The largest absolute Gasteiger partial charge is 0.494 e. The third kappa shape index (κ3) is 6.74. The molecule has 0 atom stereocenters. The van der Waals surface area contributed by atoms with Gasteiger partial charge >= 0.3 is 0 Å². The van der Waals surface area contributed by atoms with Crippen molar-refractivity contribution in [3.05, 3.63) is 83.6 Å². The smallest absolute Gasteiger partial charge is 0.119 e. The zero-order valence-electron chi connectivity index (χ0n) is 17.9. The van der Waals surface area contributed by atoms with E-state index in [1.807, 2.05) is 18.3 Å². The van der Waals surface area contributed by atoms with Crippen LogP contribution < -0.4 is 4.74 Å². The van der Waals surface area contributed by atoms with Crippen molar-refractivity contribution in [1.82, 2.24) is 4.98 Å². The SMILES string of the molecule is CCCCCc1ccc(CCc2ccc(-c3ccc(OCCC)cc3)nc2)cc1. The average Bonchev–Trinajstić information content (AvgIpc) is 2.78. The molecule has 0 unspecified atom stereocenters. The molecule has 152 valence electrons. The van der Waals surface area contributed by atoms with Gasteiger partial charge in [0.1, 0.15) is 5.75 Å². The number of pyridine rings is 1. The fraction of sp³-hybridized carbons (Fsp3) is 0.370. The monoisotopic (exact) mass is 387 g/mol. The van der Waals surface area contributed by atoms with Gasteiger partial charge in [-0.2, -0.15) is 0 Å². The highest BCUT2D eigenvalue weighted by Crippen LogP contribution is 2.21. The maximum atomic E-state index is 5.65.